The molecule has 0 aliphatic carbocycles. The summed E-state index contributed by atoms with van der Waals surface area (Å²) in [6.45, 7) is 1.79. The second kappa shape index (κ2) is 10.5. The molecule has 154 valence electrons. The molecule has 7 heteroatoms. The number of carbonyl (C=O) groups is 2. The molecule has 0 spiro atoms. The van der Waals surface area contributed by atoms with Crippen molar-refractivity contribution in [1.82, 2.24) is 10.2 Å². The van der Waals surface area contributed by atoms with Crippen molar-refractivity contribution in [3.63, 3.8) is 0 Å². The fraction of sp³-hybridized carbons (Fsp3) is 0.364. The zero-order valence-electron chi connectivity index (χ0n) is 16.2. The lowest BCUT2D eigenvalue weighted by Crippen LogP contribution is -2.43. The third-order valence-corrected chi connectivity index (χ3v) is 4.84. The largest absolute Gasteiger partial charge is 0.484 e. The molecule has 0 saturated carbocycles. The summed E-state index contributed by atoms with van der Waals surface area (Å²) in [6, 6.07) is 14.8. The highest BCUT2D eigenvalue weighted by atomic mass is 19.1. The van der Waals surface area contributed by atoms with Gasteiger partial charge in [-0.25, -0.2) is 4.39 Å². The number of carbonyl (C=O) groups excluding carboxylic acids is 2. The molecule has 2 aromatic rings. The van der Waals surface area contributed by atoms with Crippen LogP contribution in [0.2, 0.25) is 0 Å². The molecule has 0 unspecified atom stereocenters. The molecule has 1 saturated heterocycles. The zero-order valence-corrected chi connectivity index (χ0v) is 16.2. The average molecular weight is 400 g/mol. The van der Waals surface area contributed by atoms with Gasteiger partial charge in [-0.2, -0.15) is 0 Å². The molecular formula is C22H25FN2O4. The Hall–Kier alpha value is -3.09. The van der Waals surface area contributed by atoms with Gasteiger partial charge >= 0.3 is 0 Å². The van der Waals surface area contributed by atoms with Gasteiger partial charge in [0.2, 0.25) is 0 Å². The number of amides is 2. The second-order valence-electron chi connectivity index (χ2n) is 6.97. The van der Waals surface area contributed by atoms with E-state index in [9.17, 15) is 14.0 Å². The summed E-state index contributed by atoms with van der Waals surface area (Å²) < 4.78 is 23.7. The summed E-state index contributed by atoms with van der Waals surface area (Å²) in [7, 11) is 0. The molecule has 3 rings (SSSR count). The van der Waals surface area contributed by atoms with Crippen molar-refractivity contribution >= 4 is 11.8 Å². The van der Waals surface area contributed by atoms with E-state index in [2.05, 4.69) is 5.32 Å². The number of ether oxygens (including phenoxy) is 2. The molecule has 0 aromatic heterocycles. The molecule has 29 heavy (non-hydrogen) atoms. The van der Waals surface area contributed by atoms with E-state index in [1.165, 1.54) is 24.3 Å². The van der Waals surface area contributed by atoms with E-state index < -0.39 is 0 Å². The van der Waals surface area contributed by atoms with Gasteiger partial charge in [-0.05, 0) is 55.2 Å². The van der Waals surface area contributed by atoms with Crippen LogP contribution in [0.3, 0.4) is 0 Å². The van der Waals surface area contributed by atoms with Gasteiger partial charge in [0.05, 0.1) is 0 Å². The van der Waals surface area contributed by atoms with Crippen LogP contribution in [0.1, 0.15) is 12.8 Å². The first-order chi connectivity index (χ1) is 14.1. The maximum absolute atomic E-state index is 12.8. The molecule has 2 amide bonds. The van der Waals surface area contributed by atoms with E-state index in [0.717, 1.165) is 12.8 Å². The van der Waals surface area contributed by atoms with E-state index in [0.29, 0.717) is 37.1 Å². The standard InChI is InChI=1S/C22H25FN2O4/c23-18-6-8-20(9-7-18)28-15-21(26)24-14-17-10-12-25(13-11-17)22(27)16-29-19-4-2-1-3-5-19/h1-9,17H,10-16H2,(H,24,26). The first-order valence-electron chi connectivity index (χ1n) is 9.71. The zero-order chi connectivity index (χ0) is 20.5. The SMILES string of the molecule is O=C(COc1ccc(F)cc1)NCC1CCN(C(=O)COc2ccccc2)CC1. The summed E-state index contributed by atoms with van der Waals surface area (Å²) in [6.07, 6.45) is 1.66. The van der Waals surface area contributed by atoms with Crippen molar-refractivity contribution in [2.75, 3.05) is 32.8 Å². The van der Waals surface area contributed by atoms with Gasteiger partial charge in [0.25, 0.3) is 11.8 Å². The Balaban J connectivity index is 1.30. The Morgan fingerprint density at radius 1 is 0.931 bits per heavy atom. The number of para-hydroxylation sites is 1. The molecule has 1 heterocycles. The fourth-order valence-electron chi connectivity index (χ4n) is 3.13. The van der Waals surface area contributed by atoms with Crippen molar-refractivity contribution in [1.29, 1.82) is 0 Å². The van der Waals surface area contributed by atoms with Gasteiger partial charge in [0.15, 0.2) is 13.2 Å². The lowest BCUT2D eigenvalue weighted by Gasteiger charge is -2.32. The van der Waals surface area contributed by atoms with E-state index >= 15 is 0 Å². The minimum absolute atomic E-state index is 0.0240. The lowest BCUT2D eigenvalue weighted by atomic mass is 9.97. The number of likely N-dealkylation sites (tertiary alicyclic amines) is 1. The van der Waals surface area contributed by atoms with Crippen molar-refractivity contribution in [2.24, 2.45) is 5.92 Å². The smallest absolute Gasteiger partial charge is 0.260 e. The topological polar surface area (TPSA) is 67.9 Å². The summed E-state index contributed by atoms with van der Waals surface area (Å²) in [5, 5.41) is 2.86. The monoisotopic (exact) mass is 400 g/mol. The summed E-state index contributed by atoms with van der Waals surface area (Å²) >= 11 is 0. The molecule has 6 nitrogen and oxygen atoms in total. The number of nitrogens with one attached hydrogen (secondary N) is 1. The number of hydrogen-bond donors (Lipinski definition) is 1. The van der Waals surface area contributed by atoms with E-state index in [4.69, 9.17) is 9.47 Å². The highest BCUT2D eigenvalue weighted by Crippen LogP contribution is 2.17. The molecule has 1 aliphatic heterocycles. The number of rotatable bonds is 8. The van der Waals surface area contributed by atoms with Crippen LogP contribution in [0.5, 0.6) is 11.5 Å². The average Bonchev–Trinajstić information content (AvgIpc) is 2.76. The number of hydrogen-bond acceptors (Lipinski definition) is 4. The van der Waals surface area contributed by atoms with Gasteiger partial charge in [0.1, 0.15) is 17.3 Å². The summed E-state index contributed by atoms with van der Waals surface area (Å²) in [5.74, 6) is 0.864. The molecule has 2 aromatic carbocycles. The second-order valence-corrected chi connectivity index (χ2v) is 6.97. The molecule has 1 aliphatic rings. The van der Waals surface area contributed by atoms with Gasteiger partial charge in [-0.1, -0.05) is 18.2 Å². The van der Waals surface area contributed by atoms with E-state index in [-0.39, 0.29) is 30.8 Å². The predicted octanol–water partition coefficient (Wildman–Crippen LogP) is 2.64. The first kappa shape index (κ1) is 20.6. The van der Waals surface area contributed by atoms with Crippen molar-refractivity contribution in [3.8, 4) is 11.5 Å². The van der Waals surface area contributed by atoms with Crippen LogP contribution in [0.15, 0.2) is 54.6 Å². The highest BCUT2D eigenvalue weighted by molar-refractivity contribution is 5.78. The Bertz CT molecular complexity index is 790. The quantitative estimate of drug-likeness (QED) is 0.740. The van der Waals surface area contributed by atoms with Gasteiger partial charge in [-0.3, -0.25) is 9.59 Å². The number of halogens is 1. The van der Waals surface area contributed by atoms with Gasteiger partial charge in [0, 0.05) is 19.6 Å². The Morgan fingerprint density at radius 2 is 1.55 bits per heavy atom. The summed E-state index contributed by atoms with van der Waals surface area (Å²) in [5.41, 5.74) is 0. The molecular weight excluding hydrogens is 375 g/mol. The lowest BCUT2D eigenvalue weighted by molar-refractivity contribution is -0.135. The minimum Gasteiger partial charge on any atom is -0.484 e. The van der Waals surface area contributed by atoms with Crippen LogP contribution in [0.4, 0.5) is 4.39 Å². The number of nitrogens with zero attached hydrogens (tertiary/aromatic N) is 1. The maximum Gasteiger partial charge on any atom is 0.260 e. The Labute approximate surface area is 169 Å². The van der Waals surface area contributed by atoms with E-state index in [1.54, 1.807) is 4.90 Å². The predicted molar refractivity (Wildman–Crippen MR) is 106 cm³/mol. The van der Waals surface area contributed by atoms with Crippen molar-refractivity contribution in [3.05, 3.63) is 60.4 Å². The normalized spacial score (nSPS) is 14.3. The summed E-state index contributed by atoms with van der Waals surface area (Å²) in [4.78, 5) is 26.0. The van der Waals surface area contributed by atoms with Crippen LogP contribution in [0, 0.1) is 11.7 Å². The van der Waals surface area contributed by atoms with Crippen LogP contribution in [-0.4, -0.2) is 49.6 Å². The Morgan fingerprint density at radius 3 is 2.24 bits per heavy atom. The van der Waals surface area contributed by atoms with Crippen LogP contribution < -0.4 is 14.8 Å². The van der Waals surface area contributed by atoms with Crippen LogP contribution in [-0.2, 0) is 9.59 Å². The highest BCUT2D eigenvalue weighted by Gasteiger charge is 2.23. The van der Waals surface area contributed by atoms with Gasteiger partial charge in [-0.15, -0.1) is 0 Å². The third kappa shape index (κ3) is 6.78. The molecule has 1 fully saturated rings. The van der Waals surface area contributed by atoms with Crippen LogP contribution >= 0.6 is 0 Å². The number of benzene rings is 2. The fourth-order valence-corrected chi connectivity index (χ4v) is 3.13. The van der Waals surface area contributed by atoms with Gasteiger partial charge < -0.3 is 19.7 Å². The molecule has 0 radical (unpaired) electrons. The molecule has 0 bridgehead atoms. The molecule has 1 N–H and O–H groups in total. The molecule has 0 atom stereocenters. The third-order valence-electron chi connectivity index (χ3n) is 4.84. The Kier molecular flexibility index (Phi) is 7.44. The van der Waals surface area contributed by atoms with Crippen LogP contribution in [0.25, 0.3) is 0 Å². The van der Waals surface area contributed by atoms with E-state index in [1.807, 2.05) is 30.3 Å². The number of piperidine rings is 1. The van der Waals surface area contributed by atoms with Crippen molar-refractivity contribution in [2.45, 2.75) is 12.8 Å². The maximum atomic E-state index is 12.8. The first-order valence-corrected chi connectivity index (χ1v) is 9.71. The van der Waals surface area contributed by atoms with Crippen molar-refractivity contribution < 1.29 is 23.5 Å². The minimum atomic E-state index is -0.349.